The molecule has 39 heavy (non-hydrogen) atoms. The van der Waals surface area contributed by atoms with E-state index in [4.69, 9.17) is 24.0 Å². The molecule has 10 nitrogen and oxygen atoms in total. The first kappa shape index (κ1) is 24.2. The van der Waals surface area contributed by atoms with E-state index in [1.807, 2.05) is 61.5 Å². The number of hydrogen-bond donors (Lipinski definition) is 1. The van der Waals surface area contributed by atoms with E-state index in [0.717, 1.165) is 33.8 Å². The van der Waals surface area contributed by atoms with Crippen LogP contribution in [0.5, 0.6) is 28.9 Å². The molecule has 0 bridgehead atoms. The average molecular weight is 524 g/mol. The molecular weight excluding hydrogens is 498 g/mol. The van der Waals surface area contributed by atoms with Gasteiger partial charge in [0.05, 0.1) is 25.5 Å². The van der Waals surface area contributed by atoms with Crippen molar-refractivity contribution in [3.63, 3.8) is 0 Å². The van der Waals surface area contributed by atoms with E-state index in [1.165, 1.54) is 0 Å². The molecule has 0 saturated carbocycles. The largest absolute Gasteiger partial charge is 0.508 e. The highest BCUT2D eigenvalue weighted by molar-refractivity contribution is 5.98. The van der Waals surface area contributed by atoms with Crippen LogP contribution < -0.4 is 14.2 Å². The fourth-order valence-electron chi connectivity index (χ4n) is 4.62. The molecule has 1 aliphatic rings. The topological polar surface area (TPSA) is 113 Å². The zero-order chi connectivity index (χ0) is 26.9. The van der Waals surface area contributed by atoms with Gasteiger partial charge in [-0.3, -0.25) is 0 Å². The van der Waals surface area contributed by atoms with Gasteiger partial charge in [0.25, 0.3) is 0 Å². The third kappa shape index (κ3) is 4.56. The Morgan fingerprint density at radius 3 is 2.44 bits per heavy atom. The second-order valence-corrected chi connectivity index (χ2v) is 8.97. The lowest BCUT2D eigenvalue weighted by molar-refractivity contribution is 0.125. The Balaban J connectivity index is 1.34. The van der Waals surface area contributed by atoms with Crippen LogP contribution >= 0.6 is 0 Å². The first-order valence-corrected chi connectivity index (χ1v) is 12.2. The van der Waals surface area contributed by atoms with Crippen LogP contribution in [0.4, 0.5) is 0 Å². The standard InChI is InChI=1S/C29H25N5O5/c1-17(18-4-9-21(36-2)10-5-18)33-38-15-25-31-28-27-26(19-6-11-22(37-3)12-7-19)23-13-8-20(35)14-24(23)39-29(27)30-16-34(28)32-25/h4-14,16,26,35H,15H2,1-3H3/b33-17+/t26-/m1/s1. The predicted molar refractivity (Wildman–Crippen MR) is 143 cm³/mol. The molecule has 1 aliphatic heterocycles. The summed E-state index contributed by atoms with van der Waals surface area (Å²) in [5, 5.41) is 18.9. The first-order chi connectivity index (χ1) is 19.0. The number of nitrogens with zero attached hydrogens (tertiary/aromatic N) is 5. The normalized spacial score (nSPS) is 14.3. The summed E-state index contributed by atoms with van der Waals surface area (Å²) in [6, 6.07) is 20.5. The second-order valence-electron chi connectivity index (χ2n) is 8.97. The maximum Gasteiger partial charge on any atom is 0.228 e. The molecule has 0 spiro atoms. The number of benzene rings is 3. The first-order valence-electron chi connectivity index (χ1n) is 12.2. The maximum atomic E-state index is 10.1. The quantitative estimate of drug-likeness (QED) is 0.228. The Morgan fingerprint density at radius 1 is 1.00 bits per heavy atom. The molecule has 3 heterocycles. The fourth-order valence-corrected chi connectivity index (χ4v) is 4.62. The molecule has 5 aromatic rings. The van der Waals surface area contributed by atoms with Crippen LogP contribution in [0.1, 0.15) is 40.9 Å². The van der Waals surface area contributed by atoms with Gasteiger partial charge in [0, 0.05) is 17.5 Å². The Bertz CT molecular complexity index is 1680. The van der Waals surface area contributed by atoms with Gasteiger partial charge < -0.3 is 24.2 Å². The molecule has 10 heteroatoms. The lowest BCUT2D eigenvalue weighted by atomic mass is 9.84. The highest BCUT2D eigenvalue weighted by Crippen LogP contribution is 2.48. The minimum absolute atomic E-state index is 0.0719. The summed E-state index contributed by atoms with van der Waals surface area (Å²) in [6.07, 6.45) is 1.55. The summed E-state index contributed by atoms with van der Waals surface area (Å²) in [5.41, 5.74) is 4.85. The van der Waals surface area contributed by atoms with Gasteiger partial charge in [-0.15, -0.1) is 5.10 Å². The van der Waals surface area contributed by atoms with Gasteiger partial charge in [-0.05, 0) is 60.5 Å². The Labute approximate surface area is 224 Å². The van der Waals surface area contributed by atoms with Crippen molar-refractivity contribution < 1.29 is 24.2 Å². The summed E-state index contributed by atoms with van der Waals surface area (Å²) in [5.74, 6) is 2.75. The molecule has 0 aliphatic carbocycles. The monoisotopic (exact) mass is 523 g/mol. The van der Waals surface area contributed by atoms with Gasteiger partial charge in [-0.1, -0.05) is 23.4 Å². The lowest BCUT2D eigenvalue weighted by Crippen LogP contribution is -2.15. The Kier molecular flexibility index (Phi) is 6.20. The van der Waals surface area contributed by atoms with Crippen LogP contribution in [-0.2, 0) is 11.4 Å². The smallest absolute Gasteiger partial charge is 0.228 e. The minimum Gasteiger partial charge on any atom is -0.508 e. The van der Waals surface area contributed by atoms with Crippen molar-refractivity contribution in [2.75, 3.05) is 14.2 Å². The van der Waals surface area contributed by atoms with Gasteiger partial charge in [0.15, 0.2) is 18.1 Å². The molecule has 1 N–H and O–H groups in total. The number of oxime groups is 1. The third-order valence-corrected chi connectivity index (χ3v) is 6.59. The molecule has 0 unspecified atom stereocenters. The summed E-state index contributed by atoms with van der Waals surface area (Å²) < 4.78 is 18.3. The van der Waals surface area contributed by atoms with Gasteiger partial charge >= 0.3 is 0 Å². The van der Waals surface area contributed by atoms with Crippen LogP contribution in [-0.4, -0.2) is 44.6 Å². The minimum atomic E-state index is -0.264. The van der Waals surface area contributed by atoms with Gasteiger partial charge in [-0.2, -0.15) is 0 Å². The van der Waals surface area contributed by atoms with Crippen molar-refractivity contribution in [2.45, 2.75) is 19.4 Å². The average Bonchev–Trinajstić information content (AvgIpc) is 3.39. The fraction of sp³-hybridized carbons (Fsp3) is 0.172. The van der Waals surface area contributed by atoms with E-state index >= 15 is 0 Å². The molecule has 0 amide bonds. The number of methoxy groups -OCH3 is 2. The zero-order valence-corrected chi connectivity index (χ0v) is 21.5. The van der Waals surface area contributed by atoms with E-state index in [2.05, 4.69) is 15.2 Å². The molecule has 3 aromatic carbocycles. The van der Waals surface area contributed by atoms with Crippen molar-refractivity contribution in [2.24, 2.45) is 5.16 Å². The van der Waals surface area contributed by atoms with Crippen molar-refractivity contribution in [1.82, 2.24) is 19.6 Å². The molecule has 196 valence electrons. The number of fused-ring (bicyclic) bond motifs is 4. The zero-order valence-electron chi connectivity index (χ0n) is 21.5. The molecule has 1 atom stereocenters. The van der Waals surface area contributed by atoms with Crippen LogP contribution in [0.25, 0.3) is 5.65 Å². The van der Waals surface area contributed by atoms with E-state index in [1.54, 1.807) is 37.2 Å². The molecular formula is C29H25N5O5. The number of phenols is 1. The Hall–Kier alpha value is -5.12. The molecule has 0 saturated heterocycles. The number of phenolic OH excluding ortho intramolecular Hbond substituents is 1. The van der Waals surface area contributed by atoms with Crippen LogP contribution in [0, 0.1) is 0 Å². The predicted octanol–water partition coefficient (Wildman–Crippen LogP) is 5.07. The van der Waals surface area contributed by atoms with Gasteiger partial charge in [0.2, 0.25) is 5.88 Å². The molecule has 0 fully saturated rings. The lowest BCUT2D eigenvalue weighted by Gasteiger charge is -2.28. The van der Waals surface area contributed by atoms with Crippen LogP contribution in [0.2, 0.25) is 0 Å². The summed E-state index contributed by atoms with van der Waals surface area (Å²) in [4.78, 5) is 14.9. The number of aromatic nitrogens is 4. The summed E-state index contributed by atoms with van der Waals surface area (Å²) >= 11 is 0. The third-order valence-electron chi connectivity index (χ3n) is 6.59. The number of hydrogen-bond acceptors (Lipinski definition) is 9. The van der Waals surface area contributed by atoms with Crippen LogP contribution in [0.3, 0.4) is 0 Å². The van der Waals surface area contributed by atoms with Crippen molar-refractivity contribution in [1.29, 1.82) is 0 Å². The van der Waals surface area contributed by atoms with Crippen molar-refractivity contribution in [3.8, 4) is 28.9 Å². The van der Waals surface area contributed by atoms with E-state index < -0.39 is 0 Å². The maximum absolute atomic E-state index is 10.1. The summed E-state index contributed by atoms with van der Waals surface area (Å²) in [7, 11) is 3.26. The highest BCUT2D eigenvalue weighted by atomic mass is 16.6. The van der Waals surface area contributed by atoms with E-state index in [-0.39, 0.29) is 18.3 Å². The summed E-state index contributed by atoms with van der Waals surface area (Å²) in [6.45, 7) is 1.94. The van der Waals surface area contributed by atoms with E-state index in [0.29, 0.717) is 28.8 Å². The van der Waals surface area contributed by atoms with Gasteiger partial charge in [-0.25, -0.2) is 14.5 Å². The molecule has 2 aromatic heterocycles. The van der Waals surface area contributed by atoms with E-state index in [9.17, 15) is 5.11 Å². The molecule has 6 rings (SSSR count). The van der Waals surface area contributed by atoms with Crippen molar-refractivity contribution >= 4 is 11.4 Å². The Morgan fingerprint density at radius 2 is 1.72 bits per heavy atom. The highest BCUT2D eigenvalue weighted by Gasteiger charge is 2.33. The number of rotatable bonds is 7. The van der Waals surface area contributed by atoms with Gasteiger partial charge in [0.1, 0.15) is 29.3 Å². The SMILES string of the molecule is COc1ccc(/C(C)=N/OCc2nc3c4c(ncn3n2)Oc2cc(O)ccc2[C@H]4c2ccc(OC)cc2)cc1. The number of aromatic hydroxyl groups is 1. The van der Waals surface area contributed by atoms with Crippen LogP contribution in [0.15, 0.2) is 78.2 Å². The number of ether oxygens (including phenoxy) is 3. The second kappa shape index (κ2) is 9.97. The van der Waals surface area contributed by atoms with Crippen molar-refractivity contribution in [3.05, 3.63) is 101 Å². The molecule has 0 radical (unpaired) electrons.